The average Bonchev–Trinajstić information content (AvgIpc) is 2.38. The molecule has 0 unspecified atom stereocenters. The first-order chi connectivity index (χ1) is 8.68. The highest BCUT2D eigenvalue weighted by Gasteiger charge is 2.11. The molecule has 0 aliphatic heterocycles. The van der Waals surface area contributed by atoms with Gasteiger partial charge in [0.15, 0.2) is 5.69 Å². The van der Waals surface area contributed by atoms with Gasteiger partial charge in [0.1, 0.15) is 0 Å². The van der Waals surface area contributed by atoms with Gasteiger partial charge in [-0.3, -0.25) is 0 Å². The third-order valence-electron chi connectivity index (χ3n) is 2.57. The molecule has 0 saturated heterocycles. The van der Waals surface area contributed by atoms with Gasteiger partial charge < -0.3 is 5.11 Å². The zero-order valence-corrected chi connectivity index (χ0v) is 10.8. The molecule has 0 saturated carbocycles. The molecule has 0 atom stereocenters. The van der Waals surface area contributed by atoms with Crippen molar-refractivity contribution in [3.05, 3.63) is 59.4 Å². The normalized spacial score (nSPS) is 10.3. The summed E-state index contributed by atoms with van der Waals surface area (Å²) < 4.78 is 0. The van der Waals surface area contributed by atoms with Crippen LogP contribution in [-0.4, -0.2) is 16.1 Å². The molecule has 0 spiro atoms. The molecule has 0 radical (unpaired) electrons. The molecular formula is C14H13NO2S. The second-order valence-corrected chi connectivity index (χ2v) is 4.89. The largest absolute Gasteiger partial charge is 0.477 e. The topological polar surface area (TPSA) is 50.2 Å². The second kappa shape index (κ2) is 5.69. The van der Waals surface area contributed by atoms with Crippen molar-refractivity contribution < 1.29 is 9.90 Å². The maximum Gasteiger partial charge on any atom is 0.354 e. The van der Waals surface area contributed by atoms with Crippen molar-refractivity contribution in [3.63, 3.8) is 0 Å². The summed E-state index contributed by atoms with van der Waals surface area (Å²) in [6.07, 6.45) is 1.51. The molecule has 2 rings (SSSR count). The molecule has 0 fully saturated rings. The van der Waals surface area contributed by atoms with Crippen LogP contribution >= 0.6 is 11.8 Å². The van der Waals surface area contributed by atoms with Crippen molar-refractivity contribution in [3.8, 4) is 0 Å². The van der Waals surface area contributed by atoms with E-state index in [9.17, 15) is 4.79 Å². The lowest BCUT2D eigenvalue weighted by Gasteiger charge is -2.06. The van der Waals surface area contributed by atoms with Gasteiger partial charge in [0.25, 0.3) is 0 Å². The van der Waals surface area contributed by atoms with Crippen molar-refractivity contribution in [1.82, 2.24) is 4.98 Å². The minimum atomic E-state index is -0.976. The van der Waals surface area contributed by atoms with Crippen LogP contribution in [0.1, 0.15) is 21.6 Å². The van der Waals surface area contributed by atoms with Gasteiger partial charge in [-0.1, -0.05) is 24.3 Å². The summed E-state index contributed by atoms with van der Waals surface area (Å²) in [5.41, 5.74) is 2.08. The van der Waals surface area contributed by atoms with Gasteiger partial charge in [0.05, 0.1) is 0 Å². The van der Waals surface area contributed by atoms with Gasteiger partial charge in [-0.2, -0.15) is 0 Å². The Balaban J connectivity index is 2.16. The third kappa shape index (κ3) is 2.90. The molecule has 18 heavy (non-hydrogen) atoms. The molecule has 0 amide bonds. The summed E-state index contributed by atoms with van der Waals surface area (Å²) in [5.74, 6) is -0.365. The number of pyridine rings is 1. The Morgan fingerprint density at radius 3 is 2.78 bits per heavy atom. The molecular weight excluding hydrogens is 246 g/mol. The molecule has 1 N–H and O–H groups in total. The first-order valence-electron chi connectivity index (χ1n) is 5.54. The van der Waals surface area contributed by atoms with Crippen LogP contribution in [0.4, 0.5) is 0 Å². The van der Waals surface area contributed by atoms with Gasteiger partial charge in [-0.05, 0) is 30.2 Å². The SMILES string of the molecule is Cc1ccccc1SCc1cccnc1C(=O)O. The van der Waals surface area contributed by atoms with Crippen molar-refractivity contribution in [1.29, 1.82) is 0 Å². The number of carboxylic acid groups (broad SMARTS) is 1. The van der Waals surface area contributed by atoms with E-state index in [0.717, 1.165) is 10.5 Å². The van der Waals surface area contributed by atoms with Crippen molar-refractivity contribution in [2.24, 2.45) is 0 Å². The fourth-order valence-corrected chi connectivity index (χ4v) is 2.64. The van der Waals surface area contributed by atoms with Gasteiger partial charge in [0, 0.05) is 16.8 Å². The van der Waals surface area contributed by atoms with E-state index in [0.29, 0.717) is 5.75 Å². The summed E-state index contributed by atoms with van der Waals surface area (Å²) in [4.78, 5) is 16.1. The van der Waals surface area contributed by atoms with E-state index in [2.05, 4.69) is 4.98 Å². The monoisotopic (exact) mass is 259 g/mol. The fourth-order valence-electron chi connectivity index (χ4n) is 1.62. The number of thioether (sulfide) groups is 1. The Bertz CT molecular complexity index is 569. The Morgan fingerprint density at radius 2 is 2.06 bits per heavy atom. The number of carbonyl (C=O) groups is 1. The molecule has 3 nitrogen and oxygen atoms in total. The molecule has 1 heterocycles. The highest BCUT2D eigenvalue weighted by molar-refractivity contribution is 7.98. The summed E-state index contributed by atoms with van der Waals surface area (Å²) in [6.45, 7) is 2.05. The number of benzene rings is 1. The van der Waals surface area contributed by atoms with Gasteiger partial charge >= 0.3 is 5.97 Å². The molecule has 2 aromatic rings. The van der Waals surface area contributed by atoms with Crippen LogP contribution in [-0.2, 0) is 5.75 Å². The molecule has 92 valence electrons. The number of rotatable bonds is 4. The molecule has 1 aromatic heterocycles. The number of hydrogen-bond acceptors (Lipinski definition) is 3. The predicted octanol–water partition coefficient (Wildman–Crippen LogP) is 3.38. The Kier molecular flexibility index (Phi) is 3.99. The summed E-state index contributed by atoms with van der Waals surface area (Å²) in [7, 11) is 0. The van der Waals surface area contributed by atoms with E-state index in [1.165, 1.54) is 11.8 Å². The van der Waals surface area contributed by atoms with E-state index in [1.54, 1.807) is 17.8 Å². The quantitative estimate of drug-likeness (QED) is 0.855. The highest BCUT2D eigenvalue weighted by Crippen LogP contribution is 2.26. The lowest BCUT2D eigenvalue weighted by Crippen LogP contribution is -2.04. The smallest absolute Gasteiger partial charge is 0.354 e. The number of hydrogen-bond donors (Lipinski definition) is 1. The number of aromatic nitrogens is 1. The lowest BCUT2D eigenvalue weighted by molar-refractivity contribution is 0.0689. The minimum absolute atomic E-state index is 0.138. The van der Waals surface area contributed by atoms with Crippen LogP contribution in [0.15, 0.2) is 47.5 Å². The molecule has 1 aromatic carbocycles. The average molecular weight is 259 g/mol. The number of carboxylic acids is 1. The van der Waals surface area contributed by atoms with Crippen LogP contribution in [0.25, 0.3) is 0 Å². The Morgan fingerprint density at radius 1 is 1.28 bits per heavy atom. The minimum Gasteiger partial charge on any atom is -0.477 e. The van der Waals surface area contributed by atoms with Crippen molar-refractivity contribution in [2.75, 3.05) is 0 Å². The number of nitrogens with zero attached hydrogens (tertiary/aromatic N) is 1. The summed E-state index contributed by atoms with van der Waals surface area (Å²) in [5, 5.41) is 9.05. The standard InChI is InChI=1S/C14H13NO2S/c1-10-5-2-3-7-12(10)18-9-11-6-4-8-15-13(11)14(16)17/h2-8H,9H2,1H3,(H,16,17). The highest BCUT2D eigenvalue weighted by atomic mass is 32.2. The fraction of sp³-hybridized carbons (Fsp3) is 0.143. The zero-order valence-electron chi connectivity index (χ0n) is 9.96. The second-order valence-electron chi connectivity index (χ2n) is 3.87. The van der Waals surface area contributed by atoms with Crippen LogP contribution in [0, 0.1) is 6.92 Å². The lowest BCUT2D eigenvalue weighted by atomic mass is 10.2. The van der Waals surface area contributed by atoms with E-state index >= 15 is 0 Å². The van der Waals surface area contributed by atoms with Crippen LogP contribution < -0.4 is 0 Å². The zero-order chi connectivity index (χ0) is 13.0. The van der Waals surface area contributed by atoms with Crippen molar-refractivity contribution in [2.45, 2.75) is 17.6 Å². The summed E-state index contributed by atoms with van der Waals surface area (Å²) in [6, 6.07) is 11.6. The first-order valence-corrected chi connectivity index (χ1v) is 6.52. The van der Waals surface area contributed by atoms with E-state index in [4.69, 9.17) is 5.11 Å². The van der Waals surface area contributed by atoms with E-state index < -0.39 is 5.97 Å². The van der Waals surface area contributed by atoms with E-state index in [1.807, 2.05) is 37.3 Å². The molecule has 0 aliphatic carbocycles. The van der Waals surface area contributed by atoms with Gasteiger partial charge in [0.2, 0.25) is 0 Å². The Labute approximate surface area is 110 Å². The van der Waals surface area contributed by atoms with E-state index in [-0.39, 0.29) is 5.69 Å². The first kappa shape index (κ1) is 12.6. The molecule has 0 bridgehead atoms. The number of aromatic carboxylic acids is 1. The Hall–Kier alpha value is -1.81. The maximum absolute atomic E-state index is 11.0. The molecule has 0 aliphatic rings. The summed E-state index contributed by atoms with van der Waals surface area (Å²) >= 11 is 1.63. The molecule has 4 heteroatoms. The maximum atomic E-state index is 11.0. The van der Waals surface area contributed by atoms with Crippen LogP contribution in [0.2, 0.25) is 0 Å². The third-order valence-corrected chi connectivity index (χ3v) is 3.80. The number of aryl methyl sites for hydroxylation is 1. The van der Waals surface area contributed by atoms with Crippen LogP contribution in [0.5, 0.6) is 0 Å². The van der Waals surface area contributed by atoms with Crippen molar-refractivity contribution >= 4 is 17.7 Å². The van der Waals surface area contributed by atoms with Gasteiger partial charge in [-0.25, -0.2) is 9.78 Å². The van der Waals surface area contributed by atoms with Gasteiger partial charge in [-0.15, -0.1) is 11.8 Å². The van der Waals surface area contributed by atoms with Crippen LogP contribution in [0.3, 0.4) is 0 Å². The predicted molar refractivity (Wildman–Crippen MR) is 71.9 cm³/mol.